The SMILES string of the molecule is CN1CC[C@@H](CNCc2csc(Br)c2)[C@@H]1c1cccnc1. The maximum absolute atomic E-state index is 4.28. The second-order valence-corrected chi connectivity index (χ2v) is 7.94. The van der Waals surface area contributed by atoms with Gasteiger partial charge in [-0.15, -0.1) is 11.3 Å². The molecule has 1 N–H and O–H groups in total. The van der Waals surface area contributed by atoms with Crippen LogP contribution in [0.4, 0.5) is 0 Å². The summed E-state index contributed by atoms with van der Waals surface area (Å²) in [5.74, 6) is 0.654. The number of nitrogens with one attached hydrogen (secondary N) is 1. The predicted molar refractivity (Wildman–Crippen MR) is 91.4 cm³/mol. The lowest BCUT2D eigenvalue weighted by Gasteiger charge is -2.25. The number of hydrogen-bond donors (Lipinski definition) is 1. The van der Waals surface area contributed by atoms with Gasteiger partial charge in [0.1, 0.15) is 0 Å². The van der Waals surface area contributed by atoms with Crippen LogP contribution >= 0.6 is 27.3 Å². The normalized spacial score (nSPS) is 22.8. The highest BCUT2D eigenvalue weighted by Crippen LogP contribution is 2.35. The lowest BCUT2D eigenvalue weighted by atomic mass is 9.95. The van der Waals surface area contributed by atoms with Gasteiger partial charge in [-0.2, -0.15) is 0 Å². The van der Waals surface area contributed by atoms with Crippen molar-refractivity contribution >= 4 is 27.3 Å². The maximum Gasteiger partial charge on any atom is 0.0701 e. The summed E-state index contributed by atoms with van der Waals surface area (Å²) >= 11 is 5.26. The van der Waals surface area contributed by atoms with E-state index in [9.17, 15) is 0 Å². The van der Waals surface area contributed by atoms with E-state index in [2.05, 4.69) is 55.7 Å². The highest BCUT2D eigenvalue weighted by atomic mass is 79.9. The monoisotopic (exact) mass is 365 g/mol. The van der Waals surface area contributed by atoms with E-state index in [1.54, 1.807) is 11.3 Å². The molecular formula is C16H20BrN3S. The number of pyridine rings is 1. The molecule has 3 nitrogen and oxygen atoms in total. The van der Waals surface area contributed by atoms with E-state index in [4.69, 9.17) is 0 Å². The van der Waals surface area contributed by atoms with Gasteiger partial charge in [-0.05, 0) is 70.5 Å². The van der Waals surface area contributed by atoms with Crippen LogP contribution in [0.25, 0.3) is 0 Å². The first-order valence-corrected chi connectivity index (χ1v) is 8.95. The molecule has 0 radical (unpaired) electrons. The van der Waals surface area contributed by atoms with E-state index in [-0.39, 0.29) is 0 Å². The molecule has 1 saturated heterocycles. The third kappa shape index (κ3) is 3.72. The van der Waals surface area contributed by atoms with Crippen molar-refractivity contribution in [2.75, 3.05) is 20.1 Å². The van der Waals surface area contributed by atoms with Crippen LogP contribution in [0, 0.1) is 5.92 Å². The quantitative estimate of drug-likeness (QED) is 0.875. The van der Waals surface area contributed by atoms with Gasteiger partial charge in [-0.3, -0.25) is 9.88 Å². The van der Waals surface area contributed by atoms with Crippen molar-refractivity contribution < 1.29 is 0 Å². The van der Waals surface area contributed by atoms with Crippen LogP contribution in [0.3, 0.4) is 0 Å². The lowest BCUT2D eigenvalue weighted by molar-refractivity contribution is 0.271. The van der Waals surface area contributed by atoms with E-state index in [1.807, 2.05) is 18.5 Å². The van der Waals surface area contributed by atoms with Crippen LogP contribution in [0.5, 0.6) is 0 Å². The van der Waals surface area contributed by atoms with Crippen LogP contribution in [0.15, 0.2) is 39.8 Å². The molecule has 0 spiro atoms. The Morgan fingerprint density at radius 1 is 1.52 bits per heavy atom. The fourth-order valence-corrected chi connectivity index (χ4v) is 4.37. The van der Waals surface area contributed by atoms with Gasteiger partial charge in [0, 0.05) is 31.5 Å². The average molecular weight is 366 g/mol. The third-order valence-corrected chi connectivity index (χ3v) is 5.71. The van der Waals surface area contributed by atoms with Crippen molar-refractivity contribution in [2.24, 2.45) is 5.92 Å². The predicted octanol–water partition coefficient (Wildman–Crippen LogP) is 3.69. The Morgan fingerprint density at radius 2 is 2.43 bits per heavy atom. The molecule has 5 heteroatoms. The summed E-state index contributed by atoms with van der Waals surface area (Å²) in [4.78, 5) is 6.73. The maximum atomic E-state index is 4.28. The summed E-state index contributed by atoms with van der Waals surface area (Å²) in [6, 6.07) is 6.91. The van der Waals surface area contributed by atoms with Crippen molar-refractivity contribution in [2.45, 2.75) is 19.0 Å². The molecule has 0 aromatic carbocycles. The Hall–Kier alpha value is -0.750. The molecule has 0 saturated carbocycles. The summed E-state index contributed by atoms with van der Waals surface area (Å²) in [5.41, 5.74) is 2.69. The van der Waals surface area contributed by atoms with Gasteiger partial charge in [0.05, 0.1) is 3.79 Å². The van der Waals surface area contributed by atoms with Crippen LogP contribution in [0.2, 0.25) is 0 Å². The number of hydrogen-bond acceptors (Lipinski definition) is 4. The third-order valence-electron chi connectivity index (χ3n) is 4.16. The molecule has 3 heterocycles. The van der Waals surface area contributed by atoms with E-state index in [0.29, 0.717) is 12.0 Å². The molecule has 112 valence electrons. The van der Waals surface area contributed by atoms with Crippen molar-refractivity contribution in [3.05, 3.63) is 50.9 Å². The topological polar surface area (TPSA) is 28.2 Å². The van der Waals surface area contributed by atoms with Crippen molar-refractivity contribution in [1.82, 2.24) is 15.2 Å². The molecule has 2 aromatic rings. The summed E-state index contributed by atoms with van der Waals surface area (Å²) in [6.07, 6.45) is 5.10. The number of rotatable bonds is 5. The zero-order chi connectivity index (χ0) is 14.7. The molecule has 0 unspecified atom stereocenters. The van der Waals surface area contributed by atoms with Gasteiger partial charge in [-0.25, -0.2) is 0 Å². The Labute approximate surface area is 138 Å². The standard InChI is InChI=1S/C16H20BrN3S/c1-20-6-4-14(16(20)13-3-2-5-18-9-13)10-19-8-12-7-15(17)21-11-12/h2-3,5,7,9,11,14,16,19H,4,6,8,10H2,1H3/t14-,16-/m0/s1. The Morgan fingerprint density at radius 3 is 3.14 bits per heavy atom. The first-order valence-electron chi connectivity index (χ1n) is 7.28. The fourth-order valence-electron chi connectivity index (χ4n) is 3.16. The minimum Gasteiger partial charge on any atom is -0.312 e. The highest BCUT2D eigenvalue weighted by molar-refractivity contribution is 9.11. The largest absolute Gasteiger partial charge is 0.312 e. The minimum absolute atomic E-state index is 0.486. The molecule has 1 aliphatic rings. The Bertz CT molecular complexity index is 572. The molecule has 0 aliphatic carbocycles. The molecule has 2 atom stereocenters. The zero-order valence-electron chi connectivity index (χ0n) is 12.1. The molecular weight excluding hydrogens is 346 g/mol. The van der Waals surface area contributed by atoms with Crippen LogP contribution in [0.1, 0.15) is 23.6 Å². The number of likely N-dealkylation sites (tertiary alicyclic amines) is 1. The Kier molecular flexibility index (Phi) is 5.06. The molecule has 0 bridgehead atoms. The highest BCUT2D eigenvalue weighted by Gasteiger charge is 2.32. The minimum atomic E-state index is 0.486. The molecule has 2 aromatic heterocycles. The molecule has 21 heavy (non-hydrogen) atoms. The van der Waals surface area contributed by atoms with E-state index in [0.717, 1.165) is 19.6 Å². The first-order chi connectivity index (χ1) is 10.2. The van der Waals surface area contributed by atoms with Crippen molar-refractivity contribution in [1.29, 1.82) is 0 Å². The van der Waals surface area contributed by atoms with Crippen LogP contribution in [-0.4, -0.2) is 30.0 Å². The van der Waals surface area contributed by atoms with Gasteiger partial charge in [-0.1, -0.05) is 6.07 Å². The number of aromatic nitrogens is 1. The summed E-state index contributed by atoms with van der Waals surface area (Å²) in [6.45, 7) is 3.16. The number of nitrogens with zero attached hydrogens (tertiary/aromatic N) is 2. The molecule has 1 fully saturated rings. The summed E-state index contributed by atoms with van der Waals surface area (Å²) in [7, 11) is 2.22. The first kappa shape index (κ1) is 15.2. The van der Waals surface area contributed by atoms with Crippen LogP contribution in [-0.2, 0) is 6.54 Å². The van der Waals surface area contributed by atoms with E-state index in [1.165, 1.54) is 21.3 Å². The Balaban J connectivity index is 1.59. The van der Waals surface area contributed by atoms with Crippen molar-refractivity contribution in [3.8, 4) is 0 Å². The molecule has 1 aliphatic heterocycles. The van der Waals surface area contributed by atoms with Gasteiger partial charge in [0.2, 0.25) is 0 Å². The summed E-state index contributed by atoms with van der Waals surface area (Å²) < 4.78 is 1.20. The average Bonchev–Trinajstić information content (AvgIpc) is 3.06. The van der Waals surface area contributed by atoms with Gasteiger partial charge < -0.3 is 5.32 Å². The van der Waals surface area contributed by atoms with Gasteiger partial charge >= 0.3 is 0 Å². The van der Waals surface area contributed by atoms with E-state index >= 15 is 0 Å². The zero-order valence-corrected chi connectivity index (χ0v) is 14.5. The van der Waals surface area contributed by atoms with Gasteiger partial charge in [0.25, 0.3) is 0 Å². The fraction of sp³-hybridized carbons (Fsp3) is 0.438. The van der Waals surface area contributed by atoms with Gasteiger partial charge in [0.15, 0.2) is 0 Å². The molecule has 3 rings (SSSR count). The number of thiophene rings is 1. The van der Waals surface area contributed by atoms with Crippen molar-refractivity contribution in [3.63, 3.8) is 0 Å². The molecule has 0 amide bonds. The second kappa shape index (κ2) is 7.01. The van der Waals surface area contributed by atoms with E-state index < -0.39 is 0 Å². The summed E-state index contributed by atoms with van der Waals surface area (Å²) in [5, 5.41) is 5.82. The van der Waals surface area contributed by atoms with Crippen LogP contribution < -0.4 is 5.32 Å². The second-order valence-electron chi connectivity index (χ2n) is 5.65. The lowest BCUT2D eigenvalue weighted by Crippen LogP contribution is -2.28. The smallest absolute Gasteiger partial charge is 0.0701 e. The number of halogens is 1.